The molecule has 1 aromatic heterocycles. The van der Waals surface area contributed by atoms with E-state index in [2.05, 4.69) is 50.8 Å². The molecule has 1 aliphatic carbocycles. The van der Waals surface area contributed by atoms with Gasteiger partial charge in [-0.05, 0) is 64.3 Å². The molecule has 134 valence electrons. The summed E-state index contributed by atoms with van der Waals surface area (Å²) in [5, 5.41) is 2.04. The summed E-state index contributed by atoms with van der Waals surface area (Å²) in [6.45, 7) is 9.99. The Bertz CT molecular complexity index is 514. The molecular formula is C20H31NO2S. The Labute approximate surface area is 150 Å². The molecule has 0 amide bonds. The molecule has 0 aromatic carbocycles. The predicted molar refractivity (Wildman–Crippen MR) is 101 cm³/mol. The summed E-state index contributed by atoms with van der Waals surface area (Å²) in [5.74, 6) is 0.0609. The van der Waals surface area contributed by atoms with Crippen LogP contribution in [-0.2, 0) is 9.53 Å². The van der Waals surface area contributed by atoms with Gasteiger partial charge in [-0.15, -0.1) is 11.3 Å². The van der Waals surface area contributed by atoms with E-state index in [1.165, 1.54) is 0 Å². The maximum atomic E-state index is 12.8. The molecule has 3 nitrogen and oxygen atoms in total. The molecule has 1 aliphatic rings. The number of hydrogen-bond donors (Lipinski definition) is 0. The highest BCUT2D eigenvalue weighted by Gasteiger charge is 2.31. The number of ether oxygens (including phenoxy) is 1. The van der Waals surface area contributed by atoms with Gasteiger partial charge in [0.1, 0.15) is 6.61 Å². The van der Waals surface area contributed by atoms with Crippen molar-refractivity contribution >= 4 is 17.3 Å². The normalized spacial score (nSPS) is 19.2. The highest BCUT2D eigenvalue weighted by atomic mass is 32.1. The van der Waals surface area contributed by atoms with Crippen LogP contribution in [0.5, 0.6) is 0 Å². The molecule has 0 N–H and O–H groups in total. The molecule has 1 aromatic rings. The van der Waals surface area contributed by atoms with Crippen molar-refractivity contribution in [2.45, 2.75) is 65.0 Å². The lowest BCUT2D eigenvalue weighted by Gasteiger charge is -2.30. The van der Waals surface area contributed by atoms with E-state index in [4.69, 9.17) is 4.74 Å². The molecule has 4 heteroatoms. The van der Waals surface area contributed by atoms with Gasteiger partial charge in [0.2, 0.25) is 0 Å². The minimum absolute atomic E-state index is 0.0681. The Kier molecular flexibility index (Phi) is 7.50. The fourth-order valence-electron chi connectivity index (χ4n) is 3.54. The van der Waals surface area contributed by atoms with E-state index in [1.54, 1.807) is 11.3 Å². The van der Waals surface area contributed by atoms with Gasteiger partial charge in [0.15, 0.2) is 0 Å². The second-order valence-electron chi connectivity index (χ2n) is 7.11. The summed E-state index contributed by atoms with van der Waals surface area (Å²) in [7, 11) is 0. The van der Waals surface area contributed by atoms with E-state index in [9.17, 15) is 4.79 Å². The van der Waals surface area contributed by atoms with Gasteiger partial charge in [0.25, 0.3) is 0 Å². The standard InChI is InChI=1S/C20H31NO2S/c1-15(2)21(16(3)4)12-13-23-20(22)19(18-11-8-14-24-18)17-9-6-5-7-10-17/h6,8-9,11,14-17,19H,5,7,10,12-13H2,1-4H3/t17-,19-/m1/s1. The van der Waals surface area contributed by atoms with Crippen LogP contribution in [0.15, 0.2) is 29.7 Å². The average molecular weight is 350 g/mol. The quantitative estimate of drug-likeness (QED) is 0.496. The molecule has 0 bridgehead atoms. The molecule has 0 unspecified atom stereocenters. The maximum Gasteiger partial charge on any atom is 0.314 e. The first-order chi connectivity index (χ1) is 11.5. The third kappa shape index (κ3) is 5.18. The van der Waals surface area contributed by atoms with Crippen molar-refractivity contribution in [3.05, 3.63) is 34.5 Å². The van der Waals surface area contributed by atoms with Crippen molar-refractivity contribution in [1.82, 2.24) is 4.90 Å². The Balaban J connectivity index is 1.98. The van der Waals surface area contributed by atoms with E-state index in [-0.39, 0.29) is 17.8 Å². The Morgan fingerprint density at radius 3 is 2.62 bits per heavy atom. The van der Waals surface area contributed by atoms with Gasteiger partial charge < -0.3 is 4.74 Å². The molecule has 0 radical (unpaired) electrons. The van der Waals surface area contributed by atoms with E-state index in [0.29, 0.717) is 18.7 Å². The summed E-state index contributed by atoms with van der Waals surface area (Å²) in [5.41, 5.74) is 0. The fraction of sp³-hybridized carbons (Fsp3) is 0.650. The Hall–Kier alpha value is -1.13. The minimum atomic E-state index is -0.145. The Morgan fingerprint density at radius 1 is 1.33 bits per heavy atom. The van der Waals surface area contributed by atoms with Crippen LogP contribution in [0.2, 0.25) is 0 Å². The molecule has 2 atom stereocenters. The molecule has 24 heavy (non-hydrogen) atoms. The molecule has 0 aliphatic heterocycles. The molecule has 0 fully saturated rings. The first-order valence-corrected chi connectivity index (χ1v) is 10.0. The van der Waals surface area contributed by atoms with Gasteiger partial charge in [-0.25, -0.2) is 0 Å². The van der Waals surface area contributed by atoms with Gasteiger partial charge in [0, 0.05) is 23.5 Å². The minimum Gasteiger partial charge on any atom is -0.464 e. The van der Waals surface area contributed by atoms with Crippen LogP contribution in [0.3, 0.4) is 0 Å². The lowest BCUT2D eigenvalue weighted by Crippen LogP contribution is -2.40. The highest BCUT2D eigenvalue weighted by molar-refractivity contribution is 7.10. The number of allylic oxidation sites excluding steroid dienone is 2. The van der Waals surface area contributed by atoms with Crippen LogP contribution in [0.4, 0.5) is 0 Å². The number of carbonyl (C=O) groups excluding carboxylic acids is 1. The molecule has 0 saturated carbocycles. The second kappa shape index (κ2) is 9.38. The zero-order valence-electron chi connectivity index (χ0n) is 15.4. The average Bonchev–Trinajstić information content (AvgIpc) is 3.06. The maximum absolute atomic E-state index is 12.8. The summed E-state index contributed by atoms with van der Waals surface area (Å²) in [6, 6.07) is 5.00. The van der Waals surface area contributed by atoms with Gasteiger partial charge in [-0.2, -0.15) is 0 Å². The number of esters is 1. The van der Waals surface area contributed by atoms with Crippen LogP contribution in [-0.4, -0.2) is 36.1 Å². The van der Waals surface area contributed by atoms with Crippen molar-refractivity contribution in [2.24, 2.45) is 5.92 Å². The lowest BCUT2D eigenvalue weighted by molar-refractivity contribution is -0.147. The summed E-state index contributed by atoms with van der Waals surface area (Å²) < 4.78 is 5.70. The fourth-order valence-corrected chi connectivity index (χ4v) is 4.43. The smallest absolute Gasteiger partial charge is 0.314 e. The first kappa shape index (κ1) is 19.2. The number of rotatable bonds is 8. The van der Waals surface area contributed by atoms with Crippen molar-refractivity contribution in [1.29, 1.82) is 0 Å². The zero-order chi connectivity index (χ0) is 17.5. The van der Waals surface area contributed by atoms with Crippen molar-refractivity contribution in [3.63, 3.8) is 0 Å². The van der Waals surface area contributed by atoms with Gasteiger partial charge in [-0.3, -0.25) is 9.69 Å². The molecule has 0 spiro atoms. The monoisotopic (exact) mass is 349 g/mol. The van der Waals surface area contributed by atoms with Crippen LogP contribution in [0.1, 0.15) is 57.8 Å². The summed E-state index contributed by atoms with van der Waals surface area (Å²) in [4.78, 5) is 16.3. The topological polar surface area (TPSA) is 29.5 Å². The number of nitrogens with zero attached hydrogens (tertiary/aromatic N) is 1. The van der Waals surface area contributed by atoms with Crippen LogP contribution >= 0.6 is 11.3 Å². The molecule has 1 heterocycles. The third-order valence-electron chi connectivity index (χ3n) is 4.74. The highest BCUT2D eigenvalue weighted by Crippen LogP contribution is 2.35. The van der Waals surface area contributed by atoms with E-state index in [1.807, 2.05) is 11.4 Å². The third-order valence-corrected chi connectivity index (χ3v) is 5.70. The first-order valence-electron chi connectivity index (χ1n) is 9.13. The van der Waals surface area contributed by atoms with E-state index < -0.39 is 0 Å². The molecular weight excluding hydrogens is 318 g/mol. The number of thiophene rings is 1. The number of hydrogen-bond acceptors (Lipinski definition) is 4. The van der Waals surface area contributed by atoms with Crippen LogP contribution in [0.25, 0.3) is 0 Å². The lowest BCUT2D eigenvalue weighted by atomic mass is 9.83. The van der Waals surface area contributed by atoms with Crippen molar-refractivity contribution in [2.75, 3.05) is 13.2 Å². The van der Waals surface area contributed by atoms with Crippen molar-refractivity contribution < 1.29 is 9.53 Å². The Morgan fingerprint density at radius 2 is 2.08 bits per heavy atom. The summed E-state index contributed by atoms with van der Waals surface area (Å²) in [6.07, 6.45) is 7.77. The van der Waals surface area contributed by atoms with Gasteiger partial charge in [0.05, 0.1) is 5.92 Å². The molecule has 2 rings (SSSR count). The zero-order valence-corrected chi connectivity index (χ0v) is 16.2. The van der Waals surface area contributed by atoms with Crippen LogP contribution in [0, 0.1) is 5.92 Å². The van der Waals surface area contributed by atoms with Crippen LogP contribution < -0.4 is 0 Å². The summed E-state index contributed by atoms with van der Waals surface area (Å²) >= 11 is 1.66. The largest absolute Gasteiger partial charge is 0.464 e. The van der Waals surface area contributed by atoms with Gasteiger partial charge in [-0.1, -0.05) is 18.2 Å². The number of carbonyl (C=O) groups is 1. The molecule has 0 saturated heterocycles. The second-order valence-corrected chi connectivity index (χ2v) is 8.09. The predicted octanol–water partition coefficient (Wildman–Crippen LogP) is 4.85. The van der Waals surface area contributed by atoms with Crippen molar-refractivity contribution in [3.8, 4) is 0 Å². The van der Waals surface area contributed by atoms with E-state index in [0.717, 1.165) is 30.7 Å². The van der Waals surface area contributed by atoms with E-state index >= 15 is 0 Å². The van der Waals surface area contributed by atoms with Gasteiger partial charge >= 0.3 is 5.97 Å². The SMILES string of the molecule is CC(C)N(CCOC(=O)[C@@H](c1cccs1)[C@@H]1C=CCCC1)C(C)C.